The second-order valence-corrected chi connectivity index (χ2v) is 6.65. The molecule has 1 aliphatic rings. The standard InChI is InChI=1S/C20H25NO7/c1-26-9-13(22)4-12-5-18-19(8-21-20(18)25)17(7-15(24)11-28-3)16(12)6-14(23)10-27-2/h5H,4,6-11H2,1-3H3,(H,21,25). The molecule has 1 amide bonds. The van der Waals surface area contributed by atoms with Crippen LogP contribution in [0.5, 0.6) is 0 Å². The van der Waals surface area contributed by atoms with Crippen molar-refractivity contribution in [2.45, 2.75) is 25.8 Å². The molecule has 0 saturated heterocycles. The lowest BCUT2D eigenvalue weighted by molar-refractivity contribution is -0.123. The number of hydrogen-bond donors (Lipinski definition) is 1. The van der Waals surface area contributed by atoms with Crippen LogP contribution < -0.4 is 5.32 Å². The largest absolute Gasteiger partial charge is 0.377 e. The maximum absolute atomic E-state index is 12.3. The maximum atomic E-state index is 12.3. The topological polar surface area (TPSA) is 108 Å². The Hall–Kier alpha value is -2.42. The molecule has 8 heteroatoms. The van der Waals surface area contributed by atoms with E-state index in [4.69, 9.17) is 14.2 Å². The third kappa shape index (κ3) is 5.31. The highest BCUT2D eigenvalue weighted by Gasteiger charge is 2.28. The molecule has 0 aromatic heterocycles. The van der Waals surface area contributed by atoms with E-state index in [2.05, 4.69) is 5.32 Å². The monoisotopic (exact) mass is 391 g/mol. The first-order valence-corrected chi connectivity index (χ1v) is 8.87. The number of carbonyl (C=O) groups excluding carboxylic acids is 4. The SMILES string of the molecule is COCC(=O)Cc1cc2c(c(CC(=O)COC)c1CC(=O)COC)CNC2=O. The van der Waals surface area contributed by atoms with Gasteiger partial charge in [-0.25, -0.2) is 0 Å². The summed E-state index contributed by atoms with van der Waals surface area (Å²) in [7, 11) is 4.28. The van der Waals surface area contributed by atoms with Gasteiger partial charge < -0.3 is 19.5 Å². The fourth-order valence-electron chi connectivity index (χ4n) is 3.39. The zero-order valence-electron chi connectivity index (χ0n) is 16.4. The van der Waals surface area contributed by atoms with Gasteiger partial charge >= 0.3 is 0 Å². The number of fused-ring (bicyclic) bond motifs is 1. The van der Waals surface area contributed by atoms with E-state index in [1.54, 1.807) is 6.07 Å². The van der Waals surface area contributed by atoms with Crippen LogP contribution in [0.3, 0.4) is 0 Å². The number of carbonyl (C=O) groups is 4. The van der Waals surface area contributed by atoms with Crippen LogP contribution >= 0.6 is 0 Å². The van der Waals surface area contributed by atoms with Gasteiger partial charge in [0.1, 0.15) is 19.8 Å². The zero-order chi connectivity index (χ0) is 20.7. The van der Waals surface area contributed by atoms with E-state index >= 15 is 0 Å². The summed E-state index contributed by atoms with van der Waals surface area (Å²) in [4.78, 5) is 48.9. The predicted octanol–water partition coefficient (Wildman–Crippen LogP) is 0.204. The summed E-state index contributed by atoms with van der Waals surface area (Å²) in [6.45, 7) is 0.0494. The van der Waals surface area contributed by atoms with Crippen molar-refractivity contribution in [3.63, 3.8) is 0 Å². The van der Waals surface area contributed by atoms with Crippen LogP contribution in [0.15, 0.2) is 6.07 Å². The van der Waals surface area contributed by atoms with E-state index in [0.29, 0.717) is 27.8 Å². The Bertz CT molecular complexity index is 785. The number of amides is 1. The van der Waals surface area contributed by atoms with Gasteiger partial charge in [-0.1, -0.05) is 0 Å². The molecule has 1 N–H and O–H groups in total. The maximum Gasteiger partial charge on any atom is 0.251 e. The molecule has 1 aromatic carbocycles. The highest BCUT2D eigenvalue weighted by Crippen LogP contribution is 2.29. The highest BCUT2D eigenvalue weighted by atomic mass is 16.5. The molecule has 0 spiro atoms. The summed E-state index contributed by atoms with van der Waals surface area (Å²) in [6, 6.07) is 1.64. The Morgan fingerprint density at radius 1 is 0.857 bits per heavy atom. The third-order valence-corrected chi connectivity index (χ3v) is 4.48. The van der Waals surface area contributed by atoms with Crippen molar-refractivity contribution in [1.29, 1.82) is 0 Å². The molecule has 1 aliphatic heterocycles. The molecule has 152 valence electrons. The molecular formula is C20H25NO7. The molecule has 0 aliphatic carbocycles. The Morgan fingerprint density at radius 3 is 1.89 bits per heavy atom. The van der Waals surface area contributed by atoms with Crippen LogP contribution in [0.25, 0.3) is 0 Å². The smallest absolute Gasteiger partial charge is 0.251 e. The number of rotatable bonds is 12. The average Bonchev–Trinajstić information content (AvgIpc) is 2.99. The van der Waals surface area contributed by atoms with E-state index in [1.807, 2.05) is 0 Å². The van der Waals surface area contributed by atoms with Crippen LogP contribution in [0.1, 0.15) is 32.6 Å². The molecule has 0 atom stereocenters. The molecule has 2 rings (SSSR count). The van der Waals surface area contributed by atoms with Crippen LogP contribution in [-0.4, -0.2) is 64.4 Å². The zero-order valence-corrected chi connectivity index (χ0v) is 16.4. The second-order valence-electron chi connectivity index (χ2n) is 6.65. The summed E-state index contributed by atoms with van der Waals surface area (Å²) in [5, 5.41) is 2.74. The Kier molecular flexibility index (Phi) is 7.98. The van der Waals surface area contributed by atoms with Crippen molar-refractivity contribution in [2.24, 2.45) is 0 Å². The van der Waals surface area contributed by atoms with Crippen molar-refractivity contribution in [1.82, 2.24) is 5.32 Å². The summed E-state index contributed by atoms with van der Waals surface area (Å²) in [5.41, 5.74) is 2.90. The molecule has 0 fully saturated rings. The lowest BCUT2D eigenvalue weighted by Crippen LogP contribution is -2.20. The fourth-order valence-corrected chi connectivity index (χ4v) is 3.39. The molecule has 1 heterocycles. The van der Waals surface area contributed by atoms with E-state index in [-0.39, 0.29) is 68.9 Å². The summed E-state index contributed by atoms with van der Waals surface area (Å²) >= 11 is 0. The van der Waals surface area contributed by atoms with E-state index in [9.17, 15) is 19.2 Å². The minimum Gasteiger partial charge on any atom is -0.377 e. The molecule has 8 nitrogen and oxygen atoms in total. The highest BCUT2D eigenvalue weighted by molar-refractivity contribution is 6.00. The minimum absolute atomic E-state index is 0.00939. The van der Waals surface area contributed by atoms with Gasteiger partial charge in [0, 0.05) is 52.7 Å². The second kappa shape index (κ2) is 10.2. The van der Waals surface area contributed by atoms with E-state index < -0.39 is 0 Å². The lowest BCUT2D eigenvalue weighted by atomic mass is 9.86. The fraction of sp³-hybridized carbons (Fsp3) is 0.500. The van der Waals surface area contributed by atoms with Gasteiger partial charge in [-0.3, -0.25) is 19.2 Å². The third-order valence-electron chi connectivity index (χ3n) is 4.48. The Balaban J connectivity index is 2.56. The van der Waals surface area contributed by atoms with Crippen LogP contribution in [0.2, 0.25) is 0 Å². The predicted molar refractivity (Wildman–Crippen MR) is 99.4 cm³/mol. The number of Topliss-reactive ketones (excluding diaryl/α,β-unsaturated/α-hetero) is 3. The molecule has 0 unspecified atom stereocenters. The van der Waals surface area contributed by atoms with E-state index in [0.717, 1.165) is 0 Å². The number of ether oxygens (including phenoxy) is 3. The van der Waals surface area contributed by atoms with Crippen LogP contribution in [-0.2, 0) is 54.4 Å². The number of hydrogen-bond acceptors (Lipinski definition) is 7. The van der Waals surface area contributed by atoms with Crippen LogP contribution in [0, 0.1) is 0 Å². The van der Waals surface area contributed by atoms with Crippen molar-refractivity contribution in [3.8, 4) is 0 Å². The lowest BCUT2D eigenvalue weighted by Gasteiger charge is -2.18. The van der Waals surface area contributed by atoms with Gasteiger partial charge in [-0.2, -0.15) is 0 Å². The van der Waals surface area contributed by atoms with Gasteiger partial charge in [0.15, 0.2) is 17.3 Å². The van der Waals surface area contributed by atoms with Gasteiger partial charge in [-0.05, 0) is 28.3 Å². The van der Waals surface area contributed by atoms with Gasteiger partial charge in [-0.15, -0.1) is 0 Å². The van der Waals surface area contributed by atoms with Crippen molar-refractivity contribution in [3.05, 3.63) is 33.9 Å². The van der Waals surface area contributed by atoms with Crippen LogP contribution in [0.4, 0.5) is 0 Å². The normalized spacial score (nSPS) is 12.6. The summed E-state index contributed by atoms with van der Waals surface area (Å²) < 4.78 is 14.7. The number of nitrogens with one attached hydrogen (secondary N) is 1. The molecule has 0 radical (unpaired) electrons. The molecular weight excluding hydrogens is 366 g/mol. The van der Waals surface area contributed by atoms with Gasteiger partial charge in [0.25, 0.3) is 5.91 Å². The quantitative estimate of drug-likeness (QED) is 0.542. The molecule has 0 bridgehead atoms. The van der Waals surface area contributed by atoms with Crippen molar-refractivity contribution >= 4 is 23.3 Å². The van der Waals surface area contributed by atoms with E-state index in [1.165, 1.54) is 21.3 Å². The first-order valence-electron chi connectivity index (χ1n) is 8.87. The molecule has 1 aromatic rings. The number of ketones is 3. The average molecular weight is 391 g/mol. The van der Waals surface area contributed by atoms with Gasteiger partial charge in [0.2, 0.25) is 0 Å². The molecule has 28 heavy (non-hydrogen) atoms. The summed E-state index contributed by atoms with van der Waals surface area (Å²) in [6.07, 6.45) is 0.0446. The Morgan fingerprint density at radius 2 is 1.36 bits per heavy atom. The minimum atomic E-state index is -0.259. The number of methoxy groups -OCH3 is 3. The van der Waals surface area contributed by atoms with Crippen molar-refractivity contribution in [2.75, 3.05) is 41.2 Å². The summed E-state index contributed by atoms with van der Waals surface area (Å²) in [5.74, 6) is -0.799. The number of benzene rings is 1. The Labute approximate surface area is 163 Å². The molecule has 0 saturated carbocycles. The first kappa shape index (κ1) is 21.9. The van der Waals surface area contributed by atoms with Gasteiger partial charge in [0.05, 0.1) is 0 Å². The van der Waals surface area contributed by atoms with Crippen molar-refractivity contribution < 1.29 is 33.4 Å². The first-order chi connectivity index (χ1) is 13.4.